The molecular formula is C15H16ClNO. The molecule has 0 saturated carbocycles. The van der Waals surface area contributed by atoms with E-state index in [0.29, 0.717) is 16.5 Å². The Morgan fingerprint density at radius 3 is 2.22 bits per heavy atom. The van der Waals surface area contributed by atoms with Gasteiger partial charge in [0.2, 0.25) is 0 Å². The van der Waals surface area contributed by atoms with Crippen molar-refractivity contribution < 1.29 is 4.74 Å². The first-order valence-electron chi connectivity index (χ1n) is 5.78. The third-order valence-corrected chi connectivity index (χ3v) is 3.22. The number of benzene rings is 2. The van der Waals surface area contributed by atoms with E-state index in [1.54, 1.807) is 6.07 Å². The summed E-state index contributed by atoms with van der Waals surface area (Å²) in [6.45, 7) is 6.03. The molecule has 0 aromatic heterocycles. The molecule has 2 aromatic carbocycles. The smallest absolute Gasteiger partial charge is 0.150 e. The number of nitrogens with two attached hydrogens (primary N) is 1. The normalized spacial score (nSPS) is 10.4. The first kappa shape index (κ1) is 12.8. The Kier molecular flexibility index (Phi) is 3.48. The second-order valence-corrected chi connectivity index (χ2v) is 4.92. The van der Waals surface area contributed by atoms with Crippen molar-refractivity contribution in [2.24, 2.45) is 0 Å². The Hall–Kier alpha value is -1.67. The van der Waals surface area contributed by atoms with Crippen LogP contribution in [-0.4, -0.2) is 0 Å². The predicted octanol–water partition coefficient (Wildman–Crippen LogP) is 4.64. The van der Waals surface area contributed by atoms with Crippen LogP contribution in [0.3, 0.4) is 0 Å². The van der Waals surface area contributed by atoms with Gasteiger partial charge in [-0.05, 0) is 67.8 Å². The summed E-state index contributed by atoms with van der Waals surface area (Å²) in [5.74, 6) is 1.46. The summed E-state index contributed by atoms with van der Waals surface area (Å²) in [5.41, 5.74) is 9.92. The minimum absolute atomic E-state index is 0.646. The fraction of sp³-hybridized carbons (Fsp3) is 0.200. The summed E-state index contributed by atoms with van der Waals surface area (Å²) >= 11 is 5.92. The topological polar surface area (TPSA) is 35.2 Å². The molecule has 0 amide bonds. The maximum absolute atomic E-state index is 5.97. The van der Waals surface area contributed by atoms with Crippen molar-refractivity contribution in [1.82, 2.24) is 0 Å². The van der Waals surface area contributed by atoms with Crippen molar-refractivity contribution in [3.63, 3.8) is 0 Å². The second kappa shape index (κ2) is 4.91. The van der Waals surface area contributed by atoms with E-state index < -0.39 is 0 Å². The zero-order valence-electron chi connectivity index (χ0n) is 10.8. The molecule has 0 bridgehead atoms. The molecule has 0 aliphatic rings. The molecule has 0 radical (unpaired) electrons. The number of aryl methyl sites for hydroxylation is 3. The van der Waals surface area contributed by atoms with Crippen molar-refractivity contribution in [3.05, 3.63) is 52.0 Å². The summed E-state index contributed by atoms with van der Waals surface area (Å²) in [4.78, 5) is 0. The van der Waals surface area contributed by atoms with E-state index in [-0.39, 0.29) is 0 Å². The molecule has 0 aliphatic carbocycles. The number of hydrogen-bond donors (Lipinski definition) is 1. The average Bonchev–Trinajstić information content (AvgIpc) is 2.29. The van der Waals surface area contributed by atoms with Gasteiger partial charge in [-0.2, -0.15) is 0 Å². The Morgan fingerprint density at radius 1 is 0.889 bits per heavy atom. The molecule has 2 N–H and O–H groups in total. The maximum atomic E-state index is 5.97. The van der Waals surface area contributed by atoms with Gasteiger partial charge < -0.3 is 10.5 Å². The van der Waals surface area contributed by atoms with Gasteiger partial charge in [-0.15, -0.1) is 0 Å². The van der Waals surface area contributed by atoms with Gasteiger partial charge in [-0.1, -0.05) is 11.6 Å². The van der Waals surface area contributed by atoms with Gasteiger partial charge in [-0.3, -0.25) is 0 Å². The number of halogens is 1. The van der Waals surface area contributed by atoms with Gasteiger partial charge in [0.15, 0.2) is 5.75 Å². The van der Waals surface area contributed by atoms with Crippen LogP contribution in [0.5, 0.6) is 11.5 Å². The quantitative estimate of drug-likeness (QED) is 0.800. The minimum atomic E-state index is 0.646. The van der Waals surface area contributed by atoms with Crippen LogP contribution in [0, 0.1) is 20.8 Å². The van der Waals surface area contributed by atoms with E-state index in [2.05, 4.69) is 0 Å². The van der Waals surface area contributed by atoms with Crippen LogP contribution < -0.4 is 10.5 Å². The third-order valence-electron chi connectivity index (χ3n) is 2.98. The van der Waals surface area contributed by atoms with Crippen LogP contribution in [0.2, 0.25) is 5.02 Å². The van der Waals surface area contributed by atoms with E-state index in [1.807, 2.05) is 45.0 Å². The standard InChI is InChI=1S/C15H16ClNO/c1-9-7-13(17)15(8-10(9)2)18-14-5-4-12(16)6-11(14)3/h4-8H,17H2,1-3H3. The average molecular weight is 262 g/mol. The van der Waals surface area contributed by atoms with Crippen molar-refractivity contribution in [2.45, 2.75) is 20.8 Å². The van der Waals surface area contributed by atoms with Gasteiger partial charge >= 0.3 is 0 Å². The molecule has 0 fully saturated rings. The lowest BCUT2D eigenvalue weighted by Gasteiger charge is -2.13. The molecule has 2 aromatic rings. The molecule has 18 heavy (non-hydrogen) atoms. The summed E-state index contributed by atoms with van der Waals surface area (Å²) < 4.78 is 5.85. The molecule has 0 atom stereocenters. The summed E-state index contributed by atoms with van der Waals surface area (Å²) in [5, 5.41) is 0.702. The Bertz CT molecular complexity index is 593. The largest absolute Gasteiger partial charge is 0.455 e. The van der Waals surface area contributed by atoms with E-state index >= 15 is 0 Å². The lowest BCUT2D eigenvalue weighted by molar-refractivity contribution is 0.481. The van der Waals surface area contributed by atoms with Crippen molar-refractivity contribution in [3.8, 4) is 11.5 Å². The van der Waals surface area contributed by atoms with Gasteiger partial charge in [0.25, 0.3) is 0 Å². The highest BCUT2D eigenvalue weighted by molar-refractivity contribution is 6.30. The first-order chi connectivity index (χ1) is 8.47. The molecule has 3 heteroatoms. The molecule has 0 spiro atoms. The number of anilines is 1. The van der Waals surface area contributed by atoms with Crippen LogP contribution in [0.15, 0.2) is 30.3 Å². The summed E-state index contributed by atoms with van der Waals surface area (Å²) in [6.07, 6.45) is 0. The first-order valence-corrected chi connectivity index (χ1v) is 6.16. The fourth-order valence-electron chi connectivity index (χ4n) is 1.75. The Balaban J connectivity index is 2.37. The van der Waals surface area contributed by atoms with Crippen molar-refractivity contribution in [2.75, 3.05) is 5.73 Å². The zero-order chi connectivity index (χ0) is 13.3. The molecular weight excluding hydrogens is 246 g/mol. The highest BCUT2D eigenvalue weighted by Gasteiger charge is 2.07. The SMILES string of the molecule is Cc1cc(N)c(Oc2ccc(Cl)cc2C)cc1C. The molecule has 2 nitrogen and oxygen atoms in total. The monoisotopic (exact) mass is 261 g/mol. The third kappa shape index (κ3) is 2.59. The Labute approximate surface area is 112 Å². The van der Waals surface area contributed by atoms with Crippen LogP contribution >= 0.6 is 11.6 Å². The van der Waals surface area contributed by atoms with Gasteiger partial charge in [0.05, 0.1) is 5.69 Å². The number of rotatable bonds is 2. The van der Waals surface area contributed by atoms with Gasteiger partial charge in [0.1, 0.15) is 5.75 Å². The number of ether oxygens (including phenoxy) is 1. The van der Waals surface area contributed by atoms with Gasteiger partial charge in [-0.25, -0.2) is 0 Å². The van der Waals surface area contributed by atoms with Crippen LogP contribution in [-0.2, 0) is 0 Å². The summed E-state index contributed by atoms with van der Waals surface area (Å²) in [6, 6.07) is 9.41. The number of hydrogen-bond acceptors (Lipinski definition) is 2. The lowest BCUT2D eigenvalue weighted by Crippen LogP contribution is -1.95. The van der Waals surface area contributed by atoms with E-state index in [1.165, 1.54) is 0 Å². The minimum Gasteiger partial charge on any atom is -0.455 e. The molecule has 0 aliphatic heterocycles. The Morgan fingerprint density at radius 2 is 1.56 bits per heavy atom. The van der Waals surface area contributed by atoms with E-state index in [0.717, 1.165) is 22.4 Å². The summed E-state index contributed by atoms with van der Waals surface area (Å²) in [7, 11) is 0. The van der Waals surface area contributed by atoms with Crippen LogP contribution in [0.4, 0.5) is 5.69 Å². The highest BCUT2D eigenvalue weighted by atomic mass is 35.5. The predicted molar refractivity (Wildman–Crippen MR) is 76.6 cm³/mol. The molecule has 0 unspecified atom stereocenters. The van der Waals surface area contributed by atoms with Crippen LogP contribution in [0.1, 0.15) is 16.7 Å². The molecule has 2 rings (SSSR count). The highest BCUT2D eigenvalue weighted by Crippen LogP contribution is 2.32. The fourth-order valence-corrected chi connectivity index (χ4v) is 1.97. The van der Waals surface area contributed by atoms with Gasteiger partial charge in [0, 0.05) is 5.02 Å². The molecule has 0 heterocycles. The van der Waals surface area contributed by atoms with Crippen LogP contribution in [0.25, 0.3) is 0 Å². The second-order valence-electron chi connectivity index (χ2n) is 4.49. The van der Waals surface area contributed by atoms with Crippen molar-refractivity contribution >= 4 is 17.3 Å². The van der Waals surface area contributed by atoms with Crippen molar-refractivity contribution in [1.29, 1.82) is 0 Å². The number of nitrogen functional groups attached to an aromatic ring is 1. The zero-order valence-corrected chi connectivity index (χ0v) is 11.5. The molecule has 94 valence electrons. The lowest BCUT2D eigenvalue weighted by atomic mass is 10.1. The molecule has 0 saturated heterocycles. The van der Waals surface area contributed by atoms with E-state index in [4.69, 9.17) is 22.1 Å². The maximum Gasteiger partial charge on any atom is 0.150 e. The van der Waals surface area contributed by atoms with E-state index in [9.17, 15) is 0 Å².